The number of anilines is 1. The maximum Gasteiger partial charge on any atom is 0.162 e. The summed E-state index contributed by atoms with van der Waals surface area (Å²) in [5.41, 5.74) is 6.17. The van der Waals surface area contributed by atoms with Crippen molar-refractivity contribution in [2.24, 2.45) is 0 Å². The maximum atomic E-state index is 11.8. The van der Waals surface area contributed by atoms with Crippen LogP contribution in [0.15, 0.2) is 73.2 Å². The Bertz CT molecular complexity index is 1290. The normalized spacial score (nSPS) is 14.4. The van der Waals surface area contributed by atoms with Gasteiger partial charge in [0.25, 0.3) is 0 Å². The van der Waals surface area contributed by atoms with E-state index in [9.17, 15) is 4.79 Å². The summed E-state index contributed by atoms with van der Waals surface area (Å²) in [6.07, 6.45) is 6.01. The van der Waals surface area contributed by atoms with Gasteiger partial charge in [-0.2, -0.15) is 0 Å². The van der Waals surface area contributed by atoms with E-state index in [1.807, 2.05) is 42.9 Å². The van der Waals surface area contributed by atoms with Gasteiger partial charge in [-0.05, 0) is 40.5 Å². The first kappa shape index (κ1) is 23.1. The van der Waals surface area contributed by atoms with E-state index < -0.39 is 0 Å². The molecular formula is C28H29N5O2. The first-order valence-corrected chi connectivity index (χ1v) is 11.9. The van der Waals surface area contributed by atoms with E-state index in [0.717, 1.165) is 66.3 Å². The lowest BCUT2D eigenvalue weighted by Crippen LogP contribution is -2.46. The number of Topliss-reactive ketones (excluding diaryl/α,β-unsaturated/α-hetero) is 1. The molecule has 0 spiro atoms. The summed E-state index contributed by atoms with van der Waals surface area (Å²) in [4.78, 5) is 30.4. The smallest absolute Gasteiger partial charge is 0.162 e. The highest BCUT2D eigenvalue weighted by Gasteiger charge is 2.19. The van der Waals surface area contributed by atoms with Crippen molar-refractivity contribution in [1.29, 1.82) is 0 Å². The highest BCUT2D eigenvalue weighted by molar-refractivity contribution is 5.83. The van der Waals surface area contributed by atoms with Gasteiger partial charge in [-0.1, -0.05) is 36.4 Å². The van der Waals surface area contributed by atoms with Crippen molar-refractivity contribution in [3.63, 3.8) is 0 Å². The van der Waals surface area contributed by atoms with Crippen LogP contribution in [0.3, 0.4) is 0 Å². The standard InChI is InChI=1S/C28H29N5O2/c1-35-20-25(34)15-21-4-6-23(7-5-21)24-8-9-26-27(16-24)31-28(18-30-26)33-13-11-32(12-14-33)19-22-3-2-10-29-17-22/h2-10,16-18H,11-15,19-20H2,1H3. The molecule has 0 saturated carbocycles. The molecule has 0 bridgehead atoms. The Morgan fingerprint density at radius 1 is 0.914 bits per heavy atom. The molecule has 7 nitrogen and oxygen atoms in total. The van der Waals surface area contributed by atoms with Crippen molar-refractivity contribution in [3.05, 3.63) is 84.3 Å². The second-order valence-corrected chi connectivity index (χ2v) is 8.90. The van der Waals surface area contributed by atoms with Crippen LogP contribution in [0.25, 0.3) is 22.2 Å². The highest BCUT2D eigenvalue weighted by Crippen LogP contribution is 2.25. The number of fused-ring (bicyclic) bond motifs is 1. The molecule has 4 aromatic rings. The number of carbonyl (C=O) groups excluding carboxylic acids is 1. The Kier molecular flexibility index (Phi) is 7.07. The monoisotopic (exact) mass is 467 g/mol. The molecule has 1 saturated heterocycles. The zero-order valence-corrected chi connectivity index (χ0v) is 19.9. The molecule has 0 amide bonds. The highest BCUT2D eigenvalue weighted by atomic mass is 16.5. The van der Waals surface area contributed by atoms with E-state index in [0.29, 0.717) is 6.42 Å². The van der Waals surface area contributed by atoms with Gasteiger partial charge in [0.05, 0.1) is 17.2 Å². The molecule has 2 aromatic carbocycles. The van der Waals surface area contributed by atoms with Crippen LogP contribution in [0.1, 0.15) is 11.1 Å². The first-order valence-electron chi connectivity index (χ1n) is 11.9. The second-order valence-electron chi connectivity index (χ2n) is 8.90. The molecule has 0 aliphatic carbocycles. The number of benzene rings is 2. The minimum Gasteiger partial charge on any atom is -0.377 e. The van der Waals surface area contributed by atoms with Gasteiger partial charge in [-0.3, -0.25) is 19.7 Å². The molecule has 7 heteroatoms. The molecule has 0 N–H and O–H groups in total. The fourth-order valence-corrected chi connectivity index (χ4v) is 4.47. The van der Waals surface area contributed by atoms with Gasteiger partial charge in [0.2, 0.25) is 0 Å². The number of ether oxygens (including phenoxy) is 1. The quantitative estimate of drug-likeness (QED) is 0.391. The van der Waals surface area contributed by atoms with Crippen molar-refractivity contribution < 1.29 is 9.53 Å². The fraction of sp³-hybridized carbons (Fsp3) is 0.286. The van der Waals surface area contributed by atoms with Gasteiger partial charge in [0.1, 0.15) is 12.4 Å². The largest absolute Gasteiger partial charge is 0.377 e. The number of hydrogen-bond acceptors (Lipinski definition) is 7. The lowest BCUT2D eigenvalue weighted by atomic mass is 10.0. The number of nitrogens with zero attached hydrogens (tertiary/aromatic N) is 5. The summed E-state index contributed by atoms with van der Waals surface area (Å²) in [7, 11) is 1.54. The van der Waals surface area contributed by atoms with Crippen LogP contribution in [-0.4, -0.2) is 65.5 Å². The number of pyridine rings is 1. The molecule has 0 radical (unpaired) electrons. The van der Waals surface area contributed by atoms with Crippen LogP contribution < -0.4 is 4.90 Å². The summed E-state index contributed by atoms with van der Waals surface area (Å²) in [6, 6.07) is 18.4. The Balaban J connectivity index is 1.27. The maximum absolute atomic E-state index is 11.8. The summed E-state index contributed by atoms with van der Waals surface area (Å²) in [5, 5.41) is 0. The predicted octanol–water partition coefficient (Wildman–Crippen LogP) is 3.77. The number of aromatic nitrogens is 3. The van der Waals surface area contributed by atoms with Crippen LogP contribution >= 0.6 is 0 Å². The number of piperazine rings is 1. The topological polar surface area (TPSA) is 71.5 Å². The van der Waals surface area contributed by atoms with Gasteiger partial charge in [0, 0.05) is 58.6 Å². The second kappa shape index (κ2) is 10.7. The van der Waals surface area contributed by atoms with Gasteiger partial charge in [-0.25, -0.2) is 4.98 Å². The lowest BCUT2D eigenvalue weighted by Gasteiger charge is -2.35. The third-order valence-electron chi connectivity index (χ3n) is 6.35. The van der Waals surface area contributed by atoms with Crippen molar-refractivity contribution in [3.8, 4) is 11.1 Å². The van der Waals surface area contributed by atoms with Crippen molar-refractivity contribution in [2.75, 3.05) is 44.8 Å². The van der Waals surface area contributed by atoms with E-state index in [2.05, 4.69) is 50.1 Å². The lowest BCUT2D eigenvalue weighted by molar-refractivity contribution is -0.121. The number of hydrogen-bond donors (Lipinski definition) is 0. The summed E-state index contributed by atoms with van der Waals surface area (Å²) in [6.45, 7) is 4.87. The molecule has 35 heavy (non-hydrogen) atoms. The van der Waals surface area contributed by atoms with Crippen LogP contribution in [0.5, 0.6) is 0 Å². The van der Waals surface area contributed by atoms with Crippen LogP contribution in [0.4, 0.5) is 5.82 Å². The molecule has 1 aliphatic rings. The zero-order valence-electron chi connectivity index (χ0n) is 19.9. The Morgan fingerprint density at radius 3 is 2.46 bits per heavy atom. The zero-order chi connectivity index (χ0) is 24.0. The van der Waals surface area contributed by atoms with E-state index >= 15 is 0 Å². The minimum absolute atomic E-state index is 0.0756. The Labute approximate surface area is 205 Å². The SMILES string of the molecule is COCC(=O)Cc1ccc(-c2ccc3ncc(N4CCN(Cc5cccnc5)CC4)nc3c2)cc1. The Hall–Kier alpha value is -3.68. The van der Waals surface area contributed by atoms with E-state index in [1.54, 1.807) is 7.11 Å². The average Bonchev–Trinajstić information content (AvgIpc) is 2.90. The van der Waals surface area contributed by atoms with E-state index in [-0.39, 0.29) is 12.4 Å². The predicted molar refractivity (Wildman–Crippen MR) is 137 cm³/mol. The van der Waals surface area contributed by atoms with Gasteiger partial charge in [0.15, 0.2) is 5.78 Å². The molecule has 2 aromatic heterocycles. The van der Waals surface area contributed by atoms with Crippen LogP contribution in [0.2, 0.25) is 0 Å². The molecule has 1 aliphatic heterocycles. The fourth-order valence-electron chi connectivity index (χ4n) is 4.47. The minimum atomic E-state index is 0.0756. The first-order chi connectivity index (χ1) is 17.2. The summed E-state index contributed by atoms with van der Waals surface area (Å²) >= 11 is 0. The molecular weight excluding hydrogens is 438 g/mol. The van der Waals surface area contributed by atoms with Crippen molar-refractivity contribution in [2.45, 2.75) is 13.0 Å². The van der Waals surface area contributed by atoms with E-state index in [4.69, 9.17) is 9.72 Å². The van der Waals surface area contributed by atoms with Crippen molar-refractivity contribution in [1.82, 2.24) is 19.9 Å². The summed E-state index contributed by atoms with van der Waals surface area (Å²) < 4.78 is 4.92. The number of ketones is 1. The van der Waals surface area contributed by atoms with Crippen LogP contribution in [-0.2, 0) is 22.5 Å². The molecule has 1 fully saturated rings. The van der Waals surface area contributed by atoms with Crippen LogP contribution in [0, 0.1) is 0 Å². The van der Waals surface area contributed by atoms with Gasteiger partial charge >= 0.3 is 0 Å². The number of carbonyl (C=O) groups is 1. The number of rotatable bonds is 8. The molecule has 3 heterocycles. The van der Waals surface area contributed by atoms with Gasteiger partial charge < -0.3 is 9.64 Å². The van der Waals surface area contributed by atoms with E-state index in [1.165, 1.54) is 5.56 Å². The van der Waals surface area contributed by atoms with Crippen molar-refractivity contribution >= 4 is 22.6 Å². The average molecular weight is 468 g/mol. The molecule has 5 rings (SSSR count). The molecule has 0 unspecified atom stereocenters. The van der Waals surface area contributed by atoms with Gasteiger partial charge in [-0.15, -0.1) is 0 Å². The third kappa shape index (κ3) is 5.70. The Morgan fingerprint density at radius 2 is 1.71 bits per heavy atom. The molecule has 0 atom stereocenters. The summed E-state index contributed by atoms with van der Waals surface area (Å²) in [5.74, 6) is 0.995. The molecule has 178 valence electrons. The number of methoxy groups -OCH3 is 1. The third-order valence-corrected chi connectivity index (χ3v) is 6.35.